The molecule has 1 aromatic carbocycles. The second kappa shape index (κ2) is 3.64. The quantitative estimate of drug-likeness (QED) is 0.796. The van der Waals surface area contributed by atoms with Crippen molar-refractivity contribution in [3.63, 3.8) is 0 Å². The molecule has 2 aromatic rings. The SMILES string of the molecule is N#Cc1cccc(-n2ncc(Cl)c2N)c1. The van der Waals surface area contributed by atoms with Crippen molar-refractivity contribution in [1.29, 1.82) is 5.26 Å². The summed E-state index contributed by atoms with van der Waals surface area (Å²) >= 11 is 5.78. The van der Waals surface area contributed by atoms with E-state index in [2.05, 4.69) is 5.10 Å². The summed E-state index contributed by atoms with van der Waals surface area (Å²) in [6, 6.07) is 9.03. The van der Waals surface area contributed by atoms with Crippen LogP contribution in [0.4, 0.5) is 5.82 Å². The van der Waals surface area contributed by atoms with Crippen LogP contribution in [0.1, 0.15) is 5.56 Å². The zero-order valence-electron chi connectivity index (χ0n) is 7.68. The molecule has 0 fully saturated rings. The Morgan fingerprint density at radius 2 is 2.27 bits per heavy atom. The summed E-state index contributed by atoms with van der Waals surface area (Å²) in [5, 5.41) is 13.2. The van der Waals surface area contributed by atoms with Crippen LogP contribution in [0.3, 0.4) is 0 Å². The average molecular weight is 219 g/mol. The summed E-state index contributed by atoms with van der Waals surface area (Å²) < 4.78 is 1.49. The lowest BCUT2D eigenvalue weighted by Gasteiger charge is -2.03. The summed E-state index contributed by atoms with van der Waals surface area (Å²) in [4.78, 5) is 0. The van der Waals surface area contributed by atoms with Crippen molar-refractivity contribution in [1.82, 2.24) is 9.78 Å². The molecule has 0 unspecified atom stereocenters. The van der Waals surface area contributed by atoms with Crippen LogP contribution >= 0.6 is 11.6 Å². The van der Waals surface area contributed by atoms with Gasteiger partial charge >= 0.3 is 0 Å². The van der Waals surface area contributed by atoms with Crippen molar-refractivity contribution in [2.24, 2.45) is 0 Å². The maximum absolute atomic E-state index is 8.75. The van der Waals surface area contributed by atoms with Gasteiger partial charge in [-0.3, -0.25) is 0 Å². The van der Waals surface area contributed by atoms with E-state index in [0.29, 0.717) is 16.4 Å². The van der Waals surface area contributed by atoms with E-state index in [0.717, 1.165) is 5.69 Å². The highest BCUT2D eigenvalue weighted by Crippen LogP contribution is 2.21. The molecule has 0 bridgehead atoms. The fourth-order valence-electron chi connectivity index (χ4n) is 1.25. The second-order valence-corrected chi connectivity index (χ2v) is 3.36. The van der Waals surface area contributed by atoms with Crippen molar-refractivity contribution < 1.29 is 0 Å². The maximum atomic E-state index is 8.75. The van der Waals surface area contributed by atoms with Crippen LogP contribution in [0.5, 0.6) is 0 Å². The molecule has 0 aliphatic rings. The first-order chi connectivity index (χ1) is 7.22. The molecular formula is C10H7ClN4. The second-order valence-electron chi connectivity index (χ2n) is 2.95. The van der Waals surface area contributed by atoms with Gasteiger partial charge < -0.3 is 5.73 Å². The predicted molar refractivity (Wildman–Crippen MR) is 57.7 cm³/mol. The van der Waals surface area contributed by atoms with E-state index in [-0.39, 0.29) is 0 Å². The highest BCUT2D eigenvalue weighted by Gasteiger charge is 2.06. The Bertz CT molecular complexity index is 539. The number of nitrogens with zero attached hydrogens (tertiary/aromatic N) is 3. The summed E-state index contributed by atoms with van der Waals surface area (Å²) in [5.74, 6) is 0.367. The molecule has 0 amide bonds. The number of rotatable bonds is 1. The smallest absolute Gasteiger partial charge is 0.146 e. The third-order valence-electron chi connectivity index (χ3n) is 1.98. The number of hydrogen-bond acceptors (Lipinski definition) is 3. The molecule has 5 heteroatoms. The van der Waals surface area contributed by atoms with Crippen molar-refractivity contribution in [2.75, 3.05) is 5.73 Å². The van der Waals surface area contributed by atoms with Crippen LogP contribution in [-0.4, -0.2) is 9.78 Å². The van der Waals surface area contributed by atoms with Gasteiger partial charge in [0.25, 0.3) is 0 Å². The molecule has 0 spiro atoms. The molecule has 2 rings (SSSR count). The van der Waals surface area contributed by atoms with E-state index >= 15 is 0 Å². The van der Waals surface area contributed by atoms with Gasteiger partial charge in [-0.05, 0) is 18.2 Å². The largest absolute Gasteiger partial charge is 0.382 e. The molecule has 0 aliphatic heterocycles. The van der Waals surface area contributed by atoms with Crippen LogP contribution in [0, 0.1) is 11.3 Å². The molecule has 4 nitrogen and oxygen atoms in total. The molecule has 0 atom stereocenters. The first kappa shape index (κ1) is 9.56. The monoisotopic (exact) mass is 218 g/mol. The minimum Gasteiger partial charge on any atom is -0.382 e. The van der Waals surface area contributed by atoms with Crippen LogP contribution in [0.2, 0.25) is 5.02 Å². The lowest BCUT2D eigenvalue weighted by Crippen LogP contribution is -2.01. The fourth-order valence-corrected chi connectivity index (χ4v) is 1.37. The molecule has 0 saturated heterocycles. The van der Waals surface area contributed by atoms with Gasteiger partial charge in [0.05, 0.1) is 23.5 Å². The highest BCUT2D eigenvalue weighted by atomic mass is 35.5. The Balaban J connectivity index is 2.55. The molecule has 74 valence electrons. The van der Waals surface area contributed by atoms with Gasteiger partial charge in [0, 0.05) is 0 Å². The zero-order valence-corrected chi connectivity index (χ0v) is 8.44. The maximum Gasteiger partial charge on any atom is 0.146 e. The number of aromatic nitrogens is 2. The number of halogens is 1. The first-order valence-electron chi connectivity index (χ1n) is 4.22. The van der Waals surface area contributed by atoms with Gasteiger partial charge in [-0.15, -0.1) is 0 Å². The van der Waals surface area contributed by atoms with E-state index in [4.69, 9.17) is 22.6 Å². The minimum absolute atomic E-state index is 0.367. The molecule has 15 heavy (non-hydrogen) atoms. The number of anilines is 1. The van der Waals surface area contributed by atoms with Crippen LogP contribution in [-0.2, 0) is 0 Å². The Morgan fingerprint density at radius 3 is 2.87 bits per heavy atom. The van der Waals surface area contributed by atoms with Gasteiger partial charge in [-0.25, -0.2) is 4.68 Å². The summed E-state index contributed by atoms with van der Waals surface area (Å²) in [7, 11) is 0. The van der Waals surface area contributed by atoms with Gasteiger partial charge in [-0.2, -0.15) is 10.4 Å². The van der Waals surface area contributed by atoms with E-state index in [1.165, 1.54) is 10.9 Å². The Kier molecular flexibility index (Phi) is 2.32. The molecular weight excluding hydrogens is 212 g/mol. The van der Waals surface area contributed by atoms with Crippen molar-refractivity contribution in [3.8, 4) is 11.8 Å². The normalized spacial score (nSPS) is 9.87. The van der Waals surface area contributed by atoms with Crippen LogP contribution in [0.15, 0.2) is 30.5 Å². The summed E-state index contributed by atoms with van der Waals surface area (Å²) in [6.45, 7) is 0. The molecule has 1 aromatic heterocycles. The zero-order chi connectivity index (χ0) is 10.8. The van der Waals surface area contributed by atoms with Gasteiger partial charge in [0.1, 0.15) is 10.8 Å². The van der Waals surface area contributed by atoms with Gasteiger partial charge in [0.15, 0.2) is 0 Å². The third kappa shape index (κ3) is 1.65. The Labute approximate surface area is 91.5 Å². The van der Waals surface area contributed by atoms with Crippen LogP contribution in [0.25, 0.3) is 5.69 Å². The lowest BCUT2D eigenvalue weighted by molar-refractivity contribution is 0.891. The number of nitrogens with two attached hydrogens (primary N) is 1. The third-order valence-corrected chi connectivity index (χ3v) is 2.27. The van der Waals surface area contributed by atoms with E-state index in [1.807, 2.05) is 6.07 Å². The summed E-state index contributed by atoms with van der Waals surface area (Å²) in [6.07, 6.45) is 1.47. The molecule has 0 radical (unpaired) electrons. The molecule has 0 aliphatic carbocycles. The first-order valence-corrected chi connectivity index (χ1v) is 4.59. The van der Waals surface area contributed by atoms with E-state index < -0.39 is 0 Å². The van der Waals surface area contributed by atoms with Crippen molar-refractivity contribution in [3.05, 3.63) is 41.0 Å². The Hall–Kier alpha value is -1.99. The Morgan fingerprint density at radius 1 is 1.47 bits per heavy atom. The van der Waals surface area contributed by atoms with E-state index in [9.17, 15) is 0 Å². The predicted octanol–water partition coefficient (Wildman–Crippen LogP) is 1.98. The van der Waals surface area contributed by atoms with Gasteiger partial charge in [0.2, 0.25) is 0 Å². The minimum atomic E-state index is 0.367. The number of nitrogen functional groups attached to an aromatic ring is 1. The summed E-state index contributed by atoms with van der Waals surface area (Å²) in [5.41, 5.74) is 6.99. The number of benzene rings is 1. The highest BCUT2D eigenvalue weighted by molar-refractivity contribution is 6.32. The topological polar surface area (TPSA) is 67.6 Å². The van der Waals surface area contributed by atoms with Gasteiger partial charge in [-0.1, -0.05) is 17.7 Å². The van der Waals surface area contributed by atoms with E-state index in [1.54, 1.807) is 24.3 Å². The molecule has 1 heterocycles. The number of hydrogen-bond donors (Lipinski definition) is 1. The molecule has 2 N–H and O–H groups in total. The number of nitriles is 1. The van der Waals surface area contributed by atoms with Crippen molar-refractivity contribution in [2.45, 2.75) is 0 Å². The molecule has 0 saturated carbocycles. The standard InChI is InChI=1S/C10H7ClN4/c11-9-6-14-15(10(9)13)8-3-1-2-7(4-8)5-12/h1-4,6H,13H2. The lowest BCUT2D eigenvalue weighted by atomic mass is 10.2. The van der Waals surface area contributed by atoms with Crippen LogP contribution < -0.4 is 5.73 Å². The fraction of sp³-hybridized carbons (Fsp3) is 0. The average Bonchev–Trinajstić information content (AvgIpc) is 2.60. The van der Waals surface area contributed by atoms with Crippen molar-refractivity contribution >= 4 is 17.4 Å².